The molecule has 0 bridgehead atoms. The van der Waals surface area contributed by atoms with Crippen LogP contribution in [0.5, 0.6) is 0 Å². The van der Waals surface area contributed by atoms with Gasteiger partial charge in [-0.05, 0) is 42.4 Å². The van der Waals surface area contributed by atoms with E-state index in [0.29, 0.717) is 5.92 Å². The molecular weight excluding hydrogens is 300 g/mol. The lowest BCUT2D eigenvalue weighted by atomic mass is 9.89. The number of hydrogen-bond donors (Lipinski definition) is 1. The highest BCUT2D eigenvalue weighted by atomic mass is 35.5. The van der Waals surface area contributed by atoms with Gasteiger partial charge in [0, 0.05) is 23.1 Å². The normalized spacial score (nSPS) is 12.6. The van der Waals surface area contributed by atoms with Gasteiger partial charge in [-0.2, -0.15) is 0 Å². The lowest BCUT2D eigenvalue weighted by Crippen LogP contribution is -2.09. The van der Waals surface area contributed by atoms with Gasteiger partial charge in [0.25, 0.3) is 0 Å². The van der Waals surface area contributed by atoms with Crippen molar-refractivity contribution in [2.24, 2.45) is 5.92 Å². The molecule has 0 radical (unpaired) electrons. The summed E-state index contributed by atoms with van der Waals surface area (Å²) in [6.07, 6.45) is 5.43. The number of halogens is 1. The minimum absolute atomic E-state index is 0.581. The Morgan fingerprint density at radius 1 is 1.14 bits per heavy atom. The van der Waals surface area contributed by atoms with Gasteiger partial charge in [0.15, 0.2) is 5.13 Å². The van der Waals surface area contributed by atoms with Crippen LogP contribution in [0.1, 0.15) is 44.6 Å². The van der Waals surface area contributed by atoms with Gasteiger partial charge in [-0.25, -0.2) is 4.98 Å². The molecule has 1 aromatic carbocycles. The van der Waals surface area contributed by atoms with Crippen molar-refractivity contribution >= 4 is 28.1 Å². The van der Waals surface area contributed by atoms with Crippen LogP contribution < -0.4 is 5.32 Å². The number of benzene rings is 1. The largest absolute Gasteiger partial charge is 0.362 e. The van der Waals surface area contributed by atoms with Crippen molar-refractivity contribution in [2.75, 3.05) is 11.9 Å². The Kier molecular flexibility index (Phi) is 6.52. The molecule has 1 N–H and O–H groups in total. The standard InChI is InChI=1S/C17H23ClN2S/c1-13(2)3-4-15(14-5-7-16(18)8-6-14)9-10-19-17-20-11-12-21-17/h5-8,11-13,15H,3-4,9-10H2,1-2H3,(H,19,20). The summed E-state index contributed by atoms with van der Waals surface area (Å²) in [4.78, 5) is 4.26. The number of rotatable bonds is 8. The highest BCUT2D eigenvalue weighted by Gasteiger charge is 2.12. The molecule has 21 heavy (non-hydrogen) atoms. The summed E-state index contributed by atoms with van der Waals surface area (Å²) < 4.78 is 0. The third-order valence-electron chi connectivity index (χ3n) is 3.64. The van der Waals surface area contributed by atoms with Gasteiger partial charge in [0.2, 0.25) is 0 Å². The van der Waals surface area contributed by atoms with Crippen LogP contribution in [0.2, 0.25) is 5.02 Å². The maximum Gasteiger partial charge on any atom is 0.182 e. The van der Waals surface area contributed by atoms with Crippen LogP contribution >= 0.6 is 22.9 Å². The molecule has 0 aliphatic carbocycles. The Labute approximate surface area is 136 Å². The van der Waals surface area contributed by atoms with E-state index in [-0.39, 0.29) is 0 Å². The highest BCUT2D eigenvalue weighted by Crippen LogP contribution is 2.28. The average Bonchev–Trinajstić information content (AvgIpc) is 2.97. The minimum Gasteiger partial charge on any atom is -0.362 e. The third-order valence-corrected chi connectivity index (χ3v) is 4.62. The first-order valence-corrected chi connectivity index (χ1v) is 8.79. The van der Waals surface area contributed by atoms with E-state index in [1.54, 1.807) is 11.3 Å². The van der Waals surface area contributed by atoms with Gasteiger partial charge < -0.3 is 5.32 Å². The van der Waals surface area contributed by atoms with Crippen LogP contribution in [0.3, 0.4) is 0 Å². The molecule has 1 heterocycles. The molecule has 114 valence electrons. The zero-order valence-corrected chi connectivity index (χ0v) is 14.3. The van der Waals surface area contributed by atoms with Gasteiger partial charge in [0.1, 0.15) is 0 Å². The topological polar surface area (TPSA) is 24.9 Å². The molecule has 4 heteroatoms. The van der Waals surface area contributed by atoms with Crippen molar-refractivity contribution in [1.29, 1.82) is 0 Å². The SMILES string of the molecule is CC(C)CCC(CCNc1nccs1)c1ccc(Cl)cc1. The van der Waals surface area contributed by atoms with Crippen LogP contribution in [0.25, 0.3) is 0 Å². The molecule has 2 rings (SSSR count). The number of nitrogens with zero attached hydrogens (tertiary/aromatic N) is 1. The maximum absolute atomic E-state index is 6.00. The third kappa shape index (κ3) is 5.68. The summed E-state index contributed by atoms with van der Waals surface area (Å²) in [5, 5.41) is 7.22. The van der Waals surface area contributed by atoms with Crippen molar-refractivity contribution in [2.45, 2.75) is 39.0 Å². The Hall–Kier alpha value is -1.06. The Balaban J connectivity index is 1.92. The van der Waals surface area contributed by atoms with Crippen LogP contribution in [0, 0.1) is 5.92 Å². The fraction of sp³-hybridized carbons (Fsp3) is 0.471. The van der Waals surface area contributed by atoms with Crippen LogP contribution in [-0.2, 0) is 0 Å². The van der Waals surface area contributed by atoms with E-state index in [9.17, 15) is 0 Å². The summed E-state index contributed by atoms with van der Waals surface area (Å²) in [7, 11) is 0. The molecule has 2 nitrogen and oxygen atoms in total. The lowest BCUT2D eigenvalue weighted by Gasteiger charge is -2.19. The fourth-order valence-corrected chi connectivity index (χ4v) is 3.09. The summed E-state index contributed by atoms with van der Waals surface area (Å²) in [5.74, 6) is 1.32. The molecule has 0 saturated heterocycles. The number of anilines is 1. The molecule has 0 fully saturated rings. The quantitative estimate of drug-likeness (QED) is 0.662. The van der Waals surface area contributed by atoms with Crippen molar-refractivity contribution in [3.8, 4) is 0 Å². The summed E-state index contributed by atoms with van der Waals surface area (Å²) in [6, 6.07) is 8.31. The highest BCUT2D eigenvalue weighted by molar-refractivity contribution is 7.13. The zero-order valence-electron chi connectivity index (χ0n) is 12.7. The van der Waals surface area contributed by atoms with Crippen LogP contribution in [-0.4, -0.2) is 11.5 Å². The van der Waals surface area contributed by atoms with Gasteiger partial charge in [-0.15, -0.1) is 11.3 Å². The van der Waals surface area contributed by atoms with E-state index in [1.807, 2.05) is 23.7 Å². The monoisotopic (exact) mass is 322 g/mol. The number of hydrogen-bond acceptors (Lipinski definition) is 3. The predicted octanol–water partition coefficient (Wildman–Crippen LogP) is 5.82. The first-order chi connectivity index (χ1) is 10.1. The summed E-state index contributed by atoms with van der Waals surface area (Å²) in [5.41, 5.74) is 1.39. The number of aromatic nitrogens is 1. The molecule has 2 aromatic rings. The second-order valence-electron chi connectivity index (χ2n) is 5.77. The fourth-order valence-electron chi connectivity index (χ4n) is 2.41. The summed E-state index contributed by atoms with van der Waals surface area (Å²) in [6.45, 7) is 5.53. The van der Waals surface area contributed by atoms with Crippen molar-refractivity contribution in [1.82, 2.24) is 4.98 Å². The number of thiazole rings is 1. The molecule has 0 saturated carbocycles. The number of nitrogens with one attached hydrogen (secondary N) is 1. The molecule has 1 atom stereocenters. The molecule has 1 aromatic heterocycles. The second-order valence-corrected chi connectivity index (χ2v) is 7.10. The molecule has 0 spiro atoms. The Bertz CT molecular complexity index is 508. The molecular formula is C17H23ClN2S. The minimum atomic E-state index is 0.581. The Morgan fingerprint density at radius 3 is 2.52 bits per heavy atom. The molecule has 0 aliphatic rings. The van der Waals surface area contributed by atoms with Gasteiger partial charge >= 0.3 is 0 Å². The van der Waals surface area contributed by atoms with Gasteiger partial charge in [-0.1, -0.05) is 44.0 Å². The zero-order chi connectivity index (χ0) is 15.1. The van der Waals surface area contributed by atoms with E-state index < -0.39 is 0 Å². The van der Waals surface area contributed by atoms with Gasteiger partial charge in [0.05, 0.1) is 0 Å². The van der Waals surface area contributed by atoms with Crippen LogP contribution in [0.4, 0.5) is 5.13 Å². The molecule has 1 unspecified atom stereocenters. The molecule has 0 amide bonds. The smallest absolute Gasteiger partial charge is 0.182 e. The van der Waals surface area contributed by atoms with Gasteiger partial charge in [-0.3, -0.25) is 0 Å². The second kappa shape index (κ2) is 8.40. The van der Waals surface area contributed by atoms with E-state index >= 15 is 0 Å². The van der Waals surface area contributed by atoms with Crippen LogP contribution in [0.15, 0.2) is 35.8 Å². The Morgan fingerprint density at radius 2 is 1.90 bits per heavy atom. The maximum atomic E-state index is 6.00. The van der Waals surface area contributed by atoms with E-state index in [1.165, 1.54) is 18.4 Å². The van der Waals surface area contributed by atoms with Crippen molar-refractivity contribution in [3.05, 3.63) is 46.4 Å². The summed E-state index contributed by atoms with van der Waals surface area (Å²) >= 11 is 7.65. The van der Waals surface area contributed by atoms with E-state index in [0.717, 1.165) is 29.0 Å². The van der Waals surface area contributed by atoms with Crippen molar-refractivity contribution in [3.63, 3.8) is 0 Å². The van der Waals surface area contributed by atoms with Crippen molar-refractivity contribution < 1.29 is 0 Å². The predicted molar refractivity (Wildman–Crippen MR) is 93.5 cm³/mol. The average molecular weight is 323 g/mol. The first-order valence-electron chi connectivity index (χ1n) is 7.54. The van der Waals surface area contributed by atoms with E-state index in [2.05, 4.69) is 36.3 Å². The molecule has 0 aliphatic heterocycles. The van der Waals surface area contributed by atoms with E-state index in [4.69, 9.17) is 11.6 Å². The first kappa shape index (κ1) is 16.3. The lowest BCUT2D eigenvalue weighted by molar-refractivity contribution is 0.487.